The molecule has 1 aliphatic heterocycles. The molecule has 0 radical (unpaired) electrons. The molecule has 1 atom stereocenters. The lowest BCUT2D eigenvalue weighted by molar-refractivity contribution is 0.188. The lowest BCUT2D eigenvalue weighted by Gasteiger charge is -2.35. The summed E-state index contributed by atoms with van der Waals surface area (Å²) in [5.74, 6) is -0.326. The van der Waals surface area contributed by atoms with Crippen LogP contribution in [-0.4, -0.2) is 47.5 Å². The average Bonchev–Trinajstić information content (AvgIpc) is 2.67. The van der Waals surface area contributed by atoms with E-state index in [4.69, 9.17) is 9.84 Å². The molecule has 0 spiro atoms. The van der Waals surface area contributed by atoms with Crippen LogP contribution in [0.15, 0.2) is 30.5 Å². The number of aromatic nitrogens is 1. The average molecular weight is 375 g/mol. The second-order valence-electron chi connectivity index (χ2n) is 6.44. The predicted molar refractivity (Wildman–Crippen MR) is 98.5 cm³/mol. The van der Waals surface area contributed by atoms with Crippen LogP contribution in [0, 0.1) is 5.82 Å². The van der Waals surface area contributed by atoms with Gasteiger partial charge in [-0.25, -0.2) is 9.18 Å². The van der Waals surface area contributed by atoms with Gasteiger partial charge in [0.1, 0.15) is 0 Å². The first-order chi connectivity index (χ1) is 13.0. The summed E-state index contributed by atoms with van der Waals surface area (Å²) in [6, 6.07) is 6.14. The zero-order valence-corrected chi connectivity index (χ0v) is 15.0. The van der Waals surface area contributed by atoms with Gasteiger partial charge in [-0.3, -0.25) is 4.98 Å². The fraction of sp³-hybridized carbons (Fsp3) is 0.368. The molecule has 8 heteroatoms. The van der Waals surface area contributed by atoms with Crippen molar-refractivity contribution >= 4 is 11.8 Å². The summed E-state index contributed by atoms with van der Waals surface area (Å²) in [7, 11) is 1.40. The van der Waals surface area contributed by atoms with Crippen LogP contribution in [0.3, 0.4) is 0 Å². The van der Waals surface area contributed by atoms with Gasteiger partial charge in [0.05, 0.1) is 31.3 Å². The number of piperidine rings is 1. The van der Waals surface area contributed by atoms with E-state index in [1.807, 2.05) is 4.90 Å². The van der Waals surface area contributed by atoms with E-state index < -0.39 is 11.9 Å². The Morgan fingerprint density at radius 3 is 2.93 bits per heavy atom. The van der Waals surface area contributed by atoms with E-state index in [-0.39, 0.29) is 18.4 Å². The SMILES string of the molecule is COc1ccc(-c2cc(CO)c(N3CCC[C@@H](NC(=O)O)C3)cn2)cc1F. The van der Waals surface area contributed by atoms with Crippen molar-refractivity contribution < 1.29 is 24.1 Å². The van der Waals surface area contributed by atoms with Crippen molar-refractivity contribution in [3.63, 3.8) is 0 Å². The highest BCUT2D eigenvalue weighted by Crippen LogP contribution is 2.29. The lowest BCUT2D eigenvalue weighted by Crippen LogP contribution is -2.47. The molecule has 2 aromatic rings. The van der Waals surface area contributed by atoms with E-state index in [0.717, 1.165) is 25.1 Å². The third kappa shape index (κ3) is 4.28. The summed E-state index contributed by atoms with van der Waals surface area (Å²) < 4.78 is 18.9. The van der Waals surface area contributed by atoms with Crippen LogP contribution in [-0.2, 0) is 6.61 Å². The molecule has 1 amide bonds. The second kappa shape index (κ2) is 8.22. The van der Waals surface area contributed by atoms with Gasteiger partial charge in [0.15, 0.2) is 11.6 Å². The predicted octanol–water partition coefficient (Wildman–Crippen LogP) is 2.62. The van der Waals surface area contributed by atoms with Crippen molar-refractivity contribution in [2.24, 2.45) is 0 Å². The highest BCUT2D eigenvalue weighted by atomic mass is 19.1. The number of nitrogens with zero attached hydrogens (tertiary/aromatic N) is 2. The van der Waals surface area contributed by atoms with Gasteiger partial charge in [-0.1, -0.05) is 0 Å². The third-order valence-electron chi connectivity index (χ3n) is 4.67. The van der Waals surface area contributed by atoms with Crippen LogP contribution in [0.5, 0.6) is 5.75 Å². The van der Waals surface area contributed by atoms with Crippen LogP contribution in [0.2, 0.25) is 0 Å². The lowest BCUT2D eigenvalue weighted by atomic mass is 10.0. The number of amides is 1. The molecule has 1 aliphatic rings. The maximum absolute atomic E-state index is 14.0. The first-order valence-electron chi connectivity index (χ1n) is 8.70. The Hall–Kier alpha value is -2.87. The van der Waals surface area contributed by atoms with Gasteiger partial charge >= 0.3 is 6.09 Å². The number of halogens is 1. The number of anilines is 1. The number of benzene rings is 1. The van der Waals surface area contributed by atoms with Gasteiger partial charge in [-0.05, 0) is 37.1 Å². The smallest absolute Gasteiger partial charge is 0.404 e. The Morgan fingerprint density at radius 1 is 1.44 bits per heavy atom. The normalized spacial score (nSPS) is 16.9. The molecule has 0 aliphatic carbocycles. The number of methoxy groups -OCH3 is 1. The van der Waals surface area contributed by atoms with Gasteiger partial charge in [0.2, 0.25) is 0 Å². The Morgan fingerprint density at radius 2 is 2.26 bits per heavy atom. The van der Waals surface area contributed by atoms with Gasteiger partial charge in [0.25, 0.3) is 0 Å². The third-order valence-corrected chi connectivity index (χ3v) is 4.67. The minimum Gasteiger partial charge on any atom is -0.494 e. The number of carboxylic acid groups (broad SMARTS) is 1. The van der Waals surface area contributed by atoms with Crippen molar-refractivity contribution in [1.82, 2.24) is 10.3 Å². The van der Waals surface area contributed by atoms with E-state index in [0.29, 0.717) is 23.4 Å². The number of ether oxygens (including phenoxy) is 1. The van der Waals surface area contributed by atoms with E-state index in [1.165, 1.54) is 19.2 Å². The molecule has 1 aromatic carbocycles. The first-order valence-corrected chi connectivity index (χ1v) is 8.70. The molecule has 144 valence electrons. The molecular weight excluding hydrogens is 353 g/mol. The largest absolute Gasteiger partial charge is 0.494 e. The van der Waals surface area contributed by atoms with Crippen LogP contribution < -0.4 is 15.0 Å². The molecule has 0 saturated carbocycles. The summed E-state index contributed by atoms with van der Waals surface area (Å²) >= 11 is 0. The molecule has 7 nitrogen and oxygen atoms in total. The molecule has 0 unspecified atom stereocenters. The van der Waals surface area contributed by atoms with E-state index in [2.05, 4.69) is 10.3 Å². The monoisotopic (exact) mass is 375 g/mol. The van der Waals surface area contributed by atoms with Crippen molar-refractivity contribution in [1.29, 1.82) is 0 Å². The number of aliphatic hydroxyl groups is 1. The van der Waals surface area contributed by atoms with Gasteiger partial charge in [-0.2, -0.15) is 0 Å². The zero-order chi connectivity index (χ0) is 19.4. The van der Waals surface area contributed by atoms with Gasteiger partial charge < -0.3 is 25.2 Å². The molecule has 0 bridgehead atoms. The van der Waals surface area contributed by atoms with E-state index >= 15 is 0 Å². The number of carbonyl (C=O) groups is 1. The van der Waals surface area contributed by atoms with Crippen LogP contribution in [0.1, 0.15) is 18.4 Å². The Labute approximate surface area is 156 Å². The fourth-order valence-electron chi connectivity index (χ4n) is 3.37. The fourth-order valence-corrected chi connectivity index (χ4v) is 3.37. The maximum Gasteiger partial charge on any atom is 0.404 e. The van der Waals surface area contributed by atoms with Crippen molar-refractivity contribution in [3.05, 3.63) is 41.8 Å². The van der Waals surface area contributed by atoms with E-state index in [9.17, 15) is 14.3 Å². The van der Waals surface area contributed by atoms with Gasteiger partial charge in [0, 0.05) is 30.3 Å². The summed E-state index contributed by atoms with van der Waals surface area (Å²) in [5, 5.41) is 21.2. The summed E-state index contributed by atoms with van der Waals surface area (Å²) in [5.41, 5.74) is 2.54. The minimum atomic E-state index is -1.04. The minimum absolute atomic E-state index is 0.156. The number of aliphatic hydroxyl groups excluding tert-OH is 1. The highest BCUT2D eigenvalue weighted by molar-refractivity contribution is 5.66. The molecule has 1 saturated heterocycles. The number of hydrogen-bond donors (Lipinski definition) is 3. The summed E-state index contributed by atoms with van der Waals surface area (Å²) in [6.45, 7) is 1.07. The molecule has 1 aromatic heterocycles. The molecule has 3 rings (SSSR count). The second-order valence-corrected chi connectivity index (χ2v) is 6.44. The van der Waals surface area contributed by atoms with Gasteiger partial charge in [-0.15, -0.1) is 0 Å². The Bertz CT molecular complexity index is 831. The molecular formula is C19H22FN3O4. The number of rotatable bonds is 5. The van der Waals surface area contributed by atoms with Crippen molar-refractivity contribution in [2.75, 3.05) is 25.1 Å². The standard InChI is InChI=1S/C19H22FN3O4/c1-27-18-5-4-12(7-15(18)20)16-8-13(11-24)17(9-21-16)23-6-2-3-14(10-23)22-19(25)26/h4-5,7-9,14,22,24H,2-3,6,10-11H2,1H3,(H,25,26)/t14-/m1/s1. The molecule has 1 fully saturated rings. The van der Waals surface area contributed by atoms with Crippen LogP contribution in [0.25, 0.3) is 11.3 Å². The van der Waals surface area contributed by atoms with Crippen molar-refractivity contribution in [3.8, 4) is 17.0 Å². The van der Waals surface area contributed by atoms with Crippen molar-refractivity contribution in [2.45, 2.75) is 25.5 Å². The molecule has 2 heterocycles. The first kappa shape index (κ1) is 18.9. The molecule has 27 heavy (non-hydrogen) atoms. The highest BCUT2D eigenvalue weighted by Gasteiger charge is 2.23. The topological polar surface area (TPSA) is 94.9 Å². The Kier molecular flexibility index (Phi) is 5.75. The zero-order valence-electron chi connectivity index (χ0n) is 15.0. The van der Waals surface area contributed by atoms with Crippen LogP contribution in [0.4, 0.5) is 14.9 Å². The Balaban J connectivity index is 1.86. The van der Waals surface area contributed by atoms with E-state index in [1.54, 1.807) is 18.3 Å². The summed E-state index contributed by atoms with van der Waals surface area (Å²) in [6.07, 6.45) is 2.21. The number of pyridine rings is 1. The quantitative estimate of drug-likeness (QED) is 0.744. The number of nitrogens with one attached hydrogen (secondary N) is 1. The summed E-state index contributed by atoms with van der Waals surface area (Å²) in [4.78, 5) is 17.3. The maximum atomic E-state index is 14.0. The molecule has 3 N–H and O–H groups in total. The number of hydrogen-bond acceptors (Lipinski definition) is 5. The van der Waals surface area contributed by atoms with Crippen LogP contribution >= 0.6 is 0 Å².